The number of fused-ring (bicyclic) bond motifs is 1. The zero-order valence-electron chi connectivity index (χ0n) is 10.1. The summed E-state index contributed by atoms with van der Waals surface area (Å²) in [6.45, 7) is 1.93. The summed E-state index contributed by atoms with van der Waals surface area (Å²) in [5.74, 6) is 0.864. The molecule has 2 aromatic heterocycles. The van der Waals surface area contributed by atoms with E-state index in [1.807, 2.05) is 43.3 Å². The first kappa shape index (κ1) is 11.0. The highest BCUT2D eigenvalue weighted by Crippen LogP contribution is 2.28. The van der Waals surface area contributed by atoms with E-state index in [9.17, 15) is 0 Å². The van der Waals surface area contributed by atoms with Crippen molar-refractivity contribution in [3.05, 3.63) is 65.7 Å². The molecule has 0 saturated carbocycles. The van der Waals surface area contributed by atoms with Gasteiger partial charge in [0.05, 0.1) is 17.8 Å². The van der Waals surface area contributed by atoms with Crippen LogP contribution in [-0.2, 0) is 0 Å². The van der Waals surface area contributed by atoms with Crippen molar-refractivity contribution >= 4 is 10.9 Å². The Morgan fingerprint density at radius 1 is 1.11 bits per heavy atom. The van der Waals surface area contributed by atoms with Gasteiger partial charge in [0, 0.05) is 17.1 Å². The molecule has 3 rings (SSSR count). The number of aryl methyl sites for hydroxylation is 1. The normalized spacial score (nSPS) is 12.8. The summed E-state index contributed by atoms with van der Waals surface area (Å²) in [5, 5.41) is 1.09. The van der Waals surface area contributed by atoms with Crippen molar-refractivity contribution in [2.75, 3.05) is 0 Å². The van der Waals surface area contributed by atoms with Crippen LogP contribution in [0.5, 0.6) is 0 Å². The summed E-state index contributed by atoms with van der Waals surface area (Å²) < 4.78 is 5.32. The van der Waals surface area contributed by atoms with Crippen LogP contribution in [0.25, 0.3) is 10.9 Å². The van der Waals surface area contributed by atoms with Crippen LogP contribution in [0.3, 0.4) is 0 Å². The van der Waals surface area contributed by atoms with Crippen molar-refractivity contribution in [2.24, 2.45) is 5.73 Å². The molecule has 90 valence electrons. The molecule has 2 heterocycles. The Kier molecular flexibility index (Phi) is 2.61. The van der Waals surface area contributed by atoms with Crippen LogP contribution in [-0.4, -0.2) is 4.98 Å². The molecule has 1 aromatic carbocycles. The topological polar surface area (TPSA) is 52.0 Å². The number of pyridine rings is 1. The third-order valence-corrected chi connectivity index (χ3v) is 3.25. The molecule has 0 amide bonds. The van der Waals surface area contributed by atoms with Gasteiger partial charge in [0.15, 0.2) is 0 Å². The second-order valence-corrected chi connectivity index (χ2v) is 4.33. The Bertz CT molecular complexity index is 682. The Balaban J connectivity index is 2.18. The molecule has 1 unspecified atom stereocenters. The standard InChI is InChI=1S/C15H14N2O/c1-10-11(7-9-18-10)15(16)13-4-2-6-14-12(13)5-3-8-17-14/h2-9,15H,16H2,1H3. The molecule has 0 bridgehead atoms. The number of furan rings is 1. The van der Waals surface area contributed by atoms with Crippen LogP contribution in [0, 0.1) is 6.92 Å². The average molecular weight is 238 g/mol. The van der Waals surface area contributed by atoms with Gasteiger partial charge in [-0.2, -0.15) is 0 Å². The highest BCUT2D eigenvalue weighted by molar-refractivity contribution is 5.82. The molecule has 2 N–H and O–H groups in total. The summed E-state index contributed by atoms with van der Waals surface area (Å²) >= 11 is 0. The molecule has 0 radical (unpaired) electrons. The lowest BCUT2D eigenvalue weighted by Crippen LogP contribution is -2.12. The zero-order chi connectivity index (χ0) is 12.5. The zero-order valence-corrected chi connectivity index (χ0v) is 10.1. The van der Waals surface area contributed by atoms with Crippen molar-refractivity contribution < 1.29 is 4.42 Å². The third-order valence-electron chi connectivity index (χ3n) is 3.25. The number of benzene rings is 1. The first-order valence-corrected chi connectivity index (χ1v) is 5.90. The lowest BCUT2D eigenvalue weighted by atomic mass is 9.96. The molecule has 0 aliphatic carbocycles. The third kappa shape index (κ3) is 1.69. The van der Waals surface area contributed by atoms with Crippen molar-refractivity contribution in [3.8, 4) is 0 Å². The van der Waals surface area contributed by atoms with Gasteiger partial charge in [0.25, 0.3) is 0 Å². The quantitative estimate of drug-likeness (QED) is 0.746. The van der Waals surface area contributed by atoms with E-state index in [-0.39, 0.29) is 6.04 Å². The number of aromatic nitrogens is 1. The Morgan fingerprint density at radius 2 is 2.00 bits per heavy atom. The lowest BCUT2D eigenvalue weighted by molar-refractivity contribution is 0.527. The highest BCUT2D eigenvalue weighted by atomic mass is 16.3. The molecule has 0 aliphatic heterocycles. The van der Waals surface area contributed by atoms with Crippen molar-refractivity contribution in [1.29, 1.82) is 0 Å². The summed E-state index contributed by atoms with van der Waals surface area (Å²) in [7, 11) is 0. The number of nitrogens with zero attached hydrogens (tertiary/aromatic N) is 1. The van der Waals surface area contributed by atoms with E-state index in [1.165, 1.54) is 0 Å². The maximum atomic E-state index is 6.34. The molecule has 3 heteroatoms. The molecule has 0 fully saturated rings. The van der Waals surface area contributed by atoms with Gasteiger partial charge in [-0.05, 0) is 30.7 Å². The first-order valence-electron chi connectivity index (χ1n) is 5.90. The molecule has 1 atom stereocenters. The minimum atomic E-state index is -0.184. The smallest absolute Gasteiger partial charge is 0.105 e. The Morgan fingerprint density at radius 3 is 2.78 bits per heavy atom. The lowest BCUT2D eigenvalue weighted by Gasteiger charge is -2.13. The minimum absolute atomic E-state index is 0.184. The van der Waals surface area contributed by atoms with Crippen LogP contribution in [0.2, 0.25) is 0 Å². The molecular weight excluding hydrogens is 224 g/mol. The monoisotopic (exact) mass is 238 g/mol. The van der Waals surface area contributed by atoms with Crippen LogP contribution < -0.4 is 5.73 Å². The van der Waals surface area contributed by atoms with E-state index < -0.39 is 0 Å². The van der Waals surface area contributed by atoms with Gasteiger partial charge in [-0.3, -0.25) is 4.98 Å². The Hall–Kier alpha value is -2.13. The molecule has 3 nitrogen and oxygen atoms in total. The molecule has 18 heavy (non-hydrogen) atoms. The Labute approximate surface area is 105 Å². The first-order chi connectivity index (χ1) is 8.77. The summed E-state index contributed by atoms with van der Waals surface area (Å²) in [5.41, 5.74) is 9.40. The van der Waals surface area contributed by atoms with Crippen LogP contribution >= 0.6 is 0 Å². The van der Waals surface area contributed by atoms with Crippen LogP contribution in [0.4, 0.5) is 0 Å². The second-order valence-electron chi connectivity index (χ2n) is 4.33. The maximum absolute atomic E-state index is 6.34. The minimum Gasteiger partial charge on any atom is -0.469 e. The van der Waals surface area contributed by atoms with Gasteiger partial charge in [-0.25, -0.2) is 0 Å². The van der Waals surface area contributed by atoms with Gasteiger partial charge in [-0.1, -0.05) is 18.2 Å². The molecule has 0 spiro atoms. The van der Waals surface area contributed by atoms with E-state index >= 15 is 0 Å². The largest absolute Gasteiger partial charge is 0.469 e. The summed E-state index contributed by atoms with van der Waals surface area (Å²) in [6.07, 6.45) is 3.47. The van der Waals surface area contributed by atoms with Gasteiger partial charge >= 0.3 is 0 Å². The average Bonchev–Trinajstić information content (AvgIpc) is 2.83. The number of rotatable bonds is 2. The van der Waals surface area contributed by atoms with Crippen LogP contribution in [0.15, 0.2) is 53.3 Å². The molecular formula is C15H14N2O. The number of hydrogen-bond donors (Lipinski definition) is 1. The van der Waals surface area contributed by atoms with Gasteiger partial charge < -0.3 is 10.2 Å². The van der Waals surface area contributed by atoms with E-state index in [2.05, 4.69) is 4.98 Å². The fourth-order valence-electron chi connectivity index (χ4n) is 2.28. The molecule has 3 aromatic rings. The van der Waals surface area contributed by atoms with E-state index in [4.69, 9.17) is 10.2 Å². The predicted octanol–water partition coefficient (Wildman–Crippen LogP) is 3.18. The van der Waals surface area contributed by atoms with Gasteiger partial charge in [0.1, 0.15) is 5.76 Å². The van der Waals surface area contributed by atoms with Gasteiger partial charge in [0.2, 0.25) is 0 Å². The van der Waals surface area contributed by atoms with Crippen LogP contribution in [0.1, 0.15) is 22.9 Å². The molecule has 0 saturated heterocycles. The van der Waals surface area contributed by atoms with E-state index in [0.717, 1.165) is 27.8 Å². The molecule has 0 aliphatic rings. The maximum Gasteiger partial charge on any atom is 0.105 e. The summed E-state index contributed by atoms with van der Waals surface area (Å²) in [6, 6.07) is 11.7. The fraction of sp³-hybridized carbons (Fsp3) is 0.133. The van der Waals surface area contributed by atoms with Crippen molar-refractivity contribution in [1.82, 2.24) is 4.98 Å². The number of nitrogens with two attached hydrogens (primary N) is 1. The SMILES string of the molecule is Cc1occc1C(N)c1cccc2ncccc12. The van der Waals surface area contributed by atoms with E-state index in [0.29, 0.717) is 0 Å². The summed E-state index contributed by atoms with van der Waals surface area (Å²) in [4.78, 5) is 4.35. The van der Waals surface area contributed by atoms with Crippen molar-refractivity contribution in [3.63, 3.8) is 0 Å². The van der Waals surface area contributed by atoms with Crippen molar-refractivity contribution in [2.45, 2.75) is 13.0 Å². The fourth-order valence-corrected chi connectivity index (χ4v) is 2.28. The van der Waals surface area contributed by atoms with E-state index in [1.54, 1.807) is 12.5 Å². The number of hydrogen-bond acceptors (Lipinski definition) is 3. The highest BCUT2D eigenvalue weighted by Gasteiger charge is 2.15. The van der Waals surface area contributed by atoms with Gasteiger partial charge in [-0.15, -0.1) is 0 Å². The predicted molar refractivity (Wildman–Crippen MR) is 71.2 cm³/mol. The second kappa shape index (κ2) is 4.27.